The van der Waals surface area contributed by atoms with Crippen molar-refractivity contribution in [2.45, 2.75) is 72.6 Å². The van der Waals surface area contributed by atoms with E-state index in [-0.39, 0.29) is 5.52 Å². The zero-order valence-corrected chi connectivity index (χ0v) is 22.4. The Bertz CT molecular complexity index is 979. The van der Waals surface area contributed by atoms with Gasteiger partial charge in [0, 0.05) is 0 Å². The molecule has 0 atom stereocenters. The SMILES string of the molecule is CCCCCCCCC(=O)[P+](Oc1ccccc1C)(Oc1ccccc1C)Oc1ccccc1C. The van der Waals surface area contributed by atoms with Gasteiger partial charge in [0.05, 0.1) is 6.42 Å². The first-order valence-electron chi connectivity index (χ1n) is 12.6. The zero-order chi connectivity index (χ0) is 25.1. The molecule has 3 rings (SSSR count). The lowest BCUT2D eigenvalue weighted by atomic mass is 10.1. The van der Waals surface area contributed by atoms with Gasteiger partial charge in [0.1, 0.15) is 0 Å². The molecule has 35 heavy (non-hydrogen) atoms. The van der Waals surface area contributed by atoms with Gasteiger partial charge in [-0.2, -0.15) is 0 Å². The maximum absolute atomic E-state index is 14.0. The third-order valence-corrected chi connectivity index (χ3v) is 8.13. The molecule has 0 heterocycles. The number of unbranched alkanes of at least 4 members (excludes halogenated alkanes) is 5. The second-order valence-corrected chi connectivity index (χ2v) is 11.0. The van der Waals surface area contributed by atoms with Crippen molar-refractivity contribution in [1.82, 2.24) is 0 Å². The predicted octanol–water partition coefficient (Wildman–Crippen LogP) is 9.19. The first kappa shape index (κ1) is 26.8. The van der Waals surface area contributed by atoms with Crippen LogP contribution in [0, 0.1) is 20.8 Å². The Kier molecular flexibility index (Phi) is 10.2. The van der Waals surface area contributed by atoms with Crippen molar-refractivity contribution in [2.75, 3.05) is 0 Å². The van der Waals surface area contributed by atoms with Gasteiger partial charge in [-0.15, -0.1) is 0 Å². The summed E-state index contributed by atoms with van der Waals surface area (Å²) in [4.78, 5) is 14.0. The summed E-state index contributed by atoms with van der Waals surface area (Å²) in [7, 11) is -3.53. The summed E-state index contributed by atoms with van der Waals surface area (Å²) in [5.74, 6) is 1.79. The highest BCUT2D eigenvalue weighted by atomic mass is 31.2. The van der Waals surface area contributed by atoms with Crippen LogP contribution in [0.5, 0.6) is 17.2 Å². The van der Waals surface area contributed by atoms with Gasteiger partial charge in [0.25, 0.3) is 0 Å². The predicted molar refractivity (Wildman–Crippen MR) is 145 cm³/mol. The molecule has 0 saturated heterocycles. The van der Waals surface area contributed by atoms with Gasteiger partial charge < -0.3 is 0 Å². The molecule has 0 aliphatic carbocycles. The van der Waals surface area contributed by atoms with Crippen LogP contribution < -0.4 is 13.6 Å². The van der Waals surface area contributed by atoms with E-state index >= 15 is 0 Å². The molecule has 3 aromatic rings. The van der Waals surface area contributed by atoms with Gasteiger partial charge in [0.15, 0.2) is 17.2 Å². The number of carbonyl (C=O) groups excluding carboxylic acids is 1. The van der Waals surface area contributed by atoms with Crippen LogP contribution in [0.15, 0.2) is 72.8 Å². The molecule has 0 fully saturated rings. The van der Waals surface area contributed by atoms with E-state index in [4.69, 9.17) is 13.6 Å². The summed E-state index contributed by atoms with van der Waals surface area (Å²) in [5.41, 5.74) is 2.64. The maximum atomic E-state index is 14.0. The highest BCUT2D eigenvalue weighted by Crippen LogP contribution is 2.63. The van der Waals surface area contributed by atoms with Crippen molar-refractivity contribution in [3.05, 3.63) is 89.5 Å². The molecular formula is C30H38O4P+. The molecule has 3 aromatic carbocycles. The Hall–Kier alpha value is -2.84. The Morgan fingerprint density at radius 2 is 0.971 bits per heavy atom. The average molecular weight is 494 g/mol. The van der Waals surface area contributed by atoms with E-state index in [0.717, 1.165) is 36.0 Å². The van der Waals surface area contributed by atoms with Crippen molar-refractivity contribution in [3.63, 3.8) is 0 Å². The molecular weight excluding hydrogens is 455 g/mol. The van der Waals surface area contributed by atoms with E-state index < -0.39 is 7.94 Å². The van der Waals surface area contributed by atoms with E-state index in [9.17, 15) is 4.79 Å². The molecule has 0 unspecified atom stereocenters. The maximum Gasteiger partial charge on any atom is 0.618 e. The first-order valence-corrected chi connectivity index (χ1v) is 14.2. The fourth-order valence-electron chi connectivity index (χ4n) is 3.77. The van der Waals surface area contributed by atoms with Gasteiger partial charge in [-0.25, -0.2) is 4.79 Å². The third kappa shape index (κ3) is 7.57. The van der Waals surface area contributed by atoms with Gasteiger partial charge in [-0.05, 0) is 62.1 Å². The van der Waals surface area contributed by atoms with Crippen molar-refractivity contribution in [2.24, 2.45) is 0 Å². The largest absolute Gasteiger partial charge is 0.618 e. The minimum Gasteiger partial charge on any atom is -0.265 e. The van der Waals surface area contributed by atoms with Crippen LogP contribution in [0.3, 0.4) is 0 Å². The molecule has 0 aliphatic rings. The quantitative estimate of drug-likeness (QED) is 0.166. The molecule has 0 bridgehead atoms. The zero-order valence-electron chi connectivity index (χ0n) is 21.5. The molecule has 0 saturated carbocycles. The van der Waals surface area contributed by atoms with Crippen LogP contribution in [0.1, 0.15) is 68.6 Å². The molecule has 0 radical (unpaired) electrons. The second-order valence-electron chi connectivity index (χ2n) is 8.98. The highest BCUT2D eigenvalue weighted by molar-refractivity contribution is 7.79. The molecule has 186 valence electrons. The lowest BCUT2D eigenvalue weighted by molar-refractivity contribution is -0.113. The minimum atomic E-state index is -3.53. The summed E-state index contributed by atoms with van der Waals surface area (Å²) < 4.78 is 19.6. The van der Waals surface area contributed by atoms with E-state index in [1.165, 1.54) is 19.3 Å². The van der Waals surface area contributed by atoms with Gasteiger partial charge in [-0.3, -0.25) is 13.6 Å². The lowest BCUT2D eigenvalue weighted by Gasteiger charge is -2.23. The van der Waals surface area contributed by atoms with Crippen LogP contribution in [0.25, 0.3) is 0 Å². The van der Waals surface area contributed by atoms with Crippen LogP contribution >= 0.6 is 7.94 Å². The fourth-order valence-corrected chi connectivity index (χ4v) is 6.01. The minimum absolute atomic E-state index is 0.122. The van der Waals surface area contributed by atoms with Gasteiger partial charge in [0.2, 0.25) is 0 Å². The van der Waals surface area contributed by atoms with Crippen molar-refractivity contribution < 1.29 is 18.4 Å². The molecule has 0 aliphatic heterocycles. The lowest BCUT2D eigenvalue weighted by Crippen LogP contribution is -2.24. The standard InChI is InChI=1S/C30H38O4P/c1-5-6-7-8-9-10-23-30(31)35(32-27-20-14-11-17-24(27)2,33-28-21-15-12-18-25(28)3)34-29-22-16-13-19-26(29)4/h11-22H,5-10,23H2,1-4H3/q+1. The normalized spacial score (nSPS) is 11.2. The Morgan fingerprint density at radius 1 is 0.600 bits per heavy atom. The first-order chi connectivity index (χ1) is 16.9. The van der Waals surface area contributed by atoms with Gasteiger partial charge in [-0.1, -0.05) is 93.6 Å². The Labute approximate surface area is 211 Å². The van der Waals surface area contributed by atoms with Crippen LogP contribution in [-0.2, 0) is 4.79 Å². The smallest absolute Gasteiger partial charge is 0.265 e. The number of hydrogen-bond acceptors (Lipinski definition) is 4. The summed E-state index contributed by atoms with van der Waals surface area (Å²) in [6, 6.07) is 23.0. The summed E-state index contributed by atoms with van der Waals surface area (Å²) in [6.45, 7) is 8.09. The summed E-state index contributed by atoms with van der Waals surface area (Å²) in [6.07, 6.45) is 6.90. The topological polar surface area (TPSA) is 44.8 Å². The third-order valence-electron chi connectivity index (χ3n) is 5.99. The van der Waals surface area contributed by atoms with E-state index in [1.807, 2.05) is 93.6 Å². The van der Waals surface area contributed by atoms with E-state index in [1.54, 1.807) is 0 Å². The Balaban J connectivity index is 1.99. The number of carbonyl (C=O) groups is 1. The fraction of sp³-hybridized carbons (Fsp3) is 0.367. The number of aryl methyl sites for hydroxylation is 3. The van der Waals surface area contributed by atoms with Gasteiger partial charge >= 0.3 is 13.5 Å². The Morgan fingerprint density at radius 3 is 1.37 bits per heavy atom. The van der Waals surface area contributed by atoms with Crippen LogP contribution in [-0.4, -0.2) is 5.52 Å². The number of benzene rings is 3. The summed E-state index contributed by atoms with van der Waals surface area (Å²) in [5, 5.41) is 0. The highest BCUT2D eigenvalue weighted by Gasteiger charge is 2.59. The summed E-state index contributed by atoms with van der Waals surface area (Å²) >= 11 is 0. The molecule has 5 heteroatoms. The second kappa shape index (κ2) is 13.3. The molecule has 0 aromatic heterocycles. The molecule has 0 N–H and O–H groups in total. The van der Waals surface area contributed by atoms with Crippen LogP contribution in [0.4, 0.5) is 0 Å². The van der Waals surface area contributed by atoms with Crippen molar-refractivity contribution in [3.8, 4) is 17.2 Å². The van der Waals surface area contributed by atoms with E-state index in [2.05, 4.69) is 6.92 Å². The number of hydrogen-bond donors (Lipinski definition) is 0. The van der Waals surface area contributed by atoms with E-state index in [0.29, 0.717) is 23.7 Å². The molecule has 0 amide bonds. The van der Waals surface area contributed by atoms with Crippen molar-refractivity contribution >= 4 is 13.5 Å². The van der Waals surface area contributed by atoms with Crippen molar-refractivity contribution in [1.29, 1.82) is 0 Å². The number of para-hydroxylation sites is 3. The number of rotatable bonds is 14. The van der Waals surface area contributed by atoms with Crippen LogP contribution in [0.2, 0.25) is 0 Å². The average Bonchev–Trinajstić information content (AvgIpc) is 2.85. The molecule has 4 nitrogen and oxygen atoms in total. The monoisotopic (exact) mass is 493 g/mol. The molecule has 0 spiro atoms.